The number of benzene rings is 1. The zero-order chi connectivity index (χ0) is 15.3. The van der Waals surface area contributed by atoms with Crippen LogP contribution in [0, 0.1) is 0 Å². The van der Waals surface area contributed by atoms with E-state index in [1.165, 1.54) is 0 Å². The Bertz CT molecular complexity index is 479. The predicted molar refractivity (Wildman–Crippen MR) is 78.8 cm³/mol. The number of aliphatic carboxylic acids is 1. The maximum atomic E-state index is 11.5. The number of carbonyl (C=O) groups excluding carboxylic acids is 1. The third-order valence-corrected chi connectivity index (χ3v) is 2.95. The number of halogens is 1. The number of carboxylic acid groups (broad SMARTS) is 1. The highest BCUT2D eigenvalue weighted by Crippen LogP contribution is 2.19. The van der Waals surface area contributed by atoms with Gasteiger partial charge in [0.05, 0.1) is 5.92 Å². The second-order valence-electron chi connectivity index (χ2n) is 5.33. The van der Waals surface area contributed by atoms with Crippen LogP contribution < -0.4 is 5.32 Å². The van der Waals surface area contributed by atoms with Crippen LogP contribution in [0.2, 0.25) is 0 Å². The monoisotopic (exact) mass is 343 g/mol. The Morgan fingerprint density at radius 3 is 2.30 bits per heavy atom. The van der Waals surface area contributed by atoms with E-state index in [1.807, 2.05) is 0 Å². The lowest BCUT2D eigenvalue weighted by Gasteiger charge is -2.21. The second kappa shape index (κ2) is 6.74. The number of alkyl carbamates (subject to hydrolysis) is 1. The van der Waals surface area contributed by atoms with Crippen LogP contribution in [0.15, 0.2) is 28.7 Å². The molecule has 0 saturated heterocycles. The molecule has 5 nitrogen and oxygen atoms in total. The Morgan fingerprint density at radius 2 is 1.85 bits per heavy atom. The zero-order valence-corrected chi connectivity index (χ0v) is 13.2. The van der Waals surface area contributed by atoms with E-state index < -0.39 is 23.6 Å². The molecule has 0 spiro atoms. The van der Waals surface area contributed by atoms with Crippen molar-refractivity contribution >= 4 is 28.0 Å². The molecule has 6 heteroatoms. The lowest BCUT2D eigenvalue weighted by molar-refractivity contribution is -0.138. The minimum absolute atomic E-state index is 0.0219. The first kappa shape index (κ1) is 16.5. The van der Waals surface area contributed by atoms with Gasteiger partial charge in [0.25, 0.3) is 0 Å². The van der Waals surface area contributed by atoms with Crippen LogP contribution in [0.25, 0.3) is 0 Å². The molecule has 0 aliphatic carbocycles. The van der Waals surface area contributed by atoms with Gasteiger partial charge in [-0.25, -0.2) is 4.79 Å². The summed E-state index contributed by atoms with van der Waals surface area (Å²) in [6, 6.07) is 6.94. The standard InChI is InChI=1S/C14H18BrNO4/c1-14(2,3)20-13(19)16-8-11(12(17)18)9-4-6-10(15)7-5-9/h4-7,11H,8H2,1-3H3,(H,16,19)(H,17,18). The number of rotatable bonds is 4. The quantitative estimate of drug-likeness (QED) is 0.880. The first-order chi connectivity index (χ1) is 9.19. The van der Waals surface area contributed by atoms with Gasteiger partial charge in [0.15, 0.2) is 0 Å². The van der Waals surface area contributed by atoms with E-state index in [2.05, 4.69) is 21.2 Å². The fraction of sp³-hybridized carbons (Fsp3) is 0.429. The molecule has 2 N–H and O–H groups in total. The molecule has 0 fully saturated rings. The van der Waals surface area contributed by atoms with Gasteiger partial charge < -0.3 is 15.2 Å². The molecule has 1 unspecified atom stereocenters. The first-order valence-electron chi connectivity index (χ1n) is 6.14. The van der Waals surface area contributed by atoms with Crippen molar-refractivity contribution in [1.29, 1.82) is 0 Å². The van der Waals surface area contributed by atoms with Crippen molar-refractivity contribution in [2.24, 2.45) is 0 Å². The van der Waals surface area contributed by atoms with E-state index in [1.54, 1.807) is 45.0 Å². The maximum Gasteiger partial charge on any atom is 0.407 e. The number of amides is 1. The van der Waals surface area contributed by atoms with Gasteiger partial charge in [-0.05, 0) is 38.5 Å². The molecule has 0 aliphatic heterocycles. The first-order valence-corrected chi connectivity index (χ1v) is 6.93. The number of ether oxygens (including phenoxy) is 1. The third-order valence-electron chi connectivity index (χ3n) is 2.42. The highest BCUT2D eigenvalue weighted by molar-refractivity contribution is 9.10. The van der Waals surface area contributed by atoms with Crippen molar-refractivity contribution in [1.82, 2.24) is 5.32 Å². The van der Waals surface area contributed by atoms with Crippen molar-refractivity contribution in [3.05, 3.63) is 34.3 Å². The van der Waals surface area contributed by atoms with E-state index in [0.29, 0.717) is 5.56 Å². The number of carboxylic acids is 1. The Balaban J connectivity index is 2.67. The summed E-state index contributed by atoms with van der Waals surface area (Å²) in [6.07, 6.45) is -0.624. The van der Waals surface area contributed by atoms with E-state index in [0.717, 1.165) is 4.47 Å². The Kier molecular flexibility index (Phi) is 5.56. The minimum Gasteiger partial charge on any atom is -0.481 e. The average Bonchev–Trinajstić information content (AvgIpc) is 2.29. The lowest BCUT2D eigenvalue weighted by atomic mass is 9.99. The highest BCUT2D eigenvalue weighted by atomic mass is 79.9. The molecule has 0 aliphatic rings. The molecule has 1 aromatic rings. The van der Waals surface area contributed by atoms with Gasteiger partial charge in [-0.15, -0.1) is 0 Å². The predicted octanol–water partition coefficient (Wildman–Crippen LogP) is 3.14. The Labute approximate surface area is 126 Å². The smallest absolute Gasteiger partial charge is 0.407 e. The Morgan fingerprint density at radius 1 is 1.30 bits per heavy atom. The van der Waals surface area contributed by atoms with E-state index in [4.69, 9.17) is 4.74 Å². The molecule has 0 bridgehead atoms. The molecule has 0 aromatic heterocycles. The summed E-state index contributed by atoms with van der Waals surface area (Å²) in [7, 11) is 0. The summed E-state index contributed by atoms with van der Waals surface area (Å²) in [4.78, 5) is 22.8. The molecule has 1 atom stereocenters. The number of hydrogen-bond donors (Lipinski definition) is 2. The zero-order valence-electron chi connectivity index (χ0n) is 11.6. The summed E-state index contributed by atoms with van der Waals surface area (Å²) in [6.45, 7) is 5.22. The molecule has 0 radical (unpaired) electrons. The van der Waals surface area contributed by atoms with Gasteiger partial charge in [-0.1, -0.05) is 28.1 Å². The molecular weight excluding hydrogens is 326 g/mol. The lowest BCUT2D eigenvalue weighted by Crippen LogP contribution is -2.36. The van der Waals surface area contributed by atoms with Gasteiger partial charge >= 0.3 is 12.1 Å². The minimum atomic E-state index is -0.997. The van der Waals surface area contributed by atoms with Crippen molar-refractivity contribution in [2.45, 2.75) is 32.3 Å². The van der Waals surface area contributed by atoms with Crippen LogP contribution in [0.4, 0.5) is 4.79 Å². The summed E-state index contributed by atoms with van der Waals surface area (Å²) in [5, 5.41) is 11.7. The van der Waals surface area contributed by atoms with Gasteiger partial charge in [-0.2, -0.15) is 0 Å². The average molecular weight is 344 g/mol. The van der Waals surface area contributed by atoms with E-state index >= 15 is 0 Å². The van der Waals surface area contributed by atoms with Crippen molar-refractivity contribution in [3.63, 3.8) is 0 Å². The molecule has 110 valence electrons. The molecule has 1 rings (SSSR count). The second-order valence-corrected chi connectivity index (χ2v) is 6.24. The van der Waals surface area contributed by atoms with Crippen LogP contribution in [0.3, 0.4) is 0 Å². The van der Waals surface area contributed by atoms with E-state index in [-0.39, 0.29) is 6.54 Å². The van der Waals surface area contributed by atoms with Crippen LogP contribution in [0.5, 0.6) is 0 Å². The topological polar surface area (TPSA) is 75.6 Å². The SMILES string of the molecule is CC(C)(C)OC(=O)NCC(C(=O)O)c1ccc(Br)cc1. The summed E-state index contributed by atoms with van der Waals surface area (Å²) in [5.74, 6) is -1.81. The largest absolute Gasteiger partial charge is 0.481 e. The molecule has 20 heavy (non-hydrogen) atoms. The van der Waals surface area contributed by atoms with Gasteiger partial charge in [0.2, 0.25) is 0 Å². The van der Waals surface area contributed by atoms with Gasteiger partial charge in [0, 0.05) is 11.0 Å². The molecule has 0 saturated carbocycles. The molecular formula is C14H18BrNO4. The van der Waals surface area contributed by atoms with Gasteiger partial charge in [0.1, 0.15) is 5.60 Å². The fourth-order valence-electron chi connectivity index (χ4n) is 1.54. The van der Waals surface area contributed by atoms with Gasteiger partial charge in [-0.3, -0.25) is 4.79 Å². The van der Waals surface area contributed by atoms with Crippen LogP contribution >= 0.6 is 15.9 Å². The van der Waals surface area contributed by atoms with Crippen LogP contribution in [-0.4, -0.2) is 29.3 Å². The molecule has 0 heterocycles. The van der Waals surface area contributed by atoms with Crippen molar-refractivity contribution in [2.75, 3.05) is 6.54 Å². The fourth-order valence-corrected chi connectivity index (χ4v) is 1.81. The normalized spacial score (nSPS) is 12.6. The number of hydrogen-bond acceptors (Lipinski definition) is 3. The van der Waals surface area contributed by atoms with E-state index in [9.17, 15) is 14.7 Å². The highest BCUT2D eigenvalue weighted by Gasteiger charge is 2.22. The summed E-state index contributed by atoms with van der Waals surface area (Å²) >= 11 is 3.29. The Hall–Kier alpha value is -1.56. The molecule has 1 aromatic carbocycles. The number of nitrogens with one attached hydrogen (secondary N) is 1. The van der Waals surface area contributed by atoms with Crippen LogP contribution in [0.1, 0.15) is 32.3 Å². The number of carbonyl (C=O) groups is 2. The van der Waals surface area contributed by atoms with Crippen molar-refractivity contribution in [3.8, 4) is 0 Å². The maximum absolute atomic E-state index is 11.5. The van der Waals surface area contributed by atoms with Crippen molar-refractivity contribution < 1.29 is 19.4 Å². The molecule has 1 amide bonds. The summed E-state index contributed by atoms with van der Waals surface area (Å²) < 4.78 is 5.94. The summed E-state index contributed by atoms with van der Waals surface area (Å²) in [5.41, 5.74) is 0.0113. The third kappa shape index (κ3) is 5.61. The van der Waals surface area contributed by atoms with Crippen LogP contribution in [-0.2, 0) is 9.53 Å².